The summed E-state index contributed by atoms with van der Waals surface area (Å²) in [6.07, 6.45) is 4.45. The van der Waals surface area contributed by atoms with Gasteiger partial charge in [-0.3, -0.25) is 14.5 Å². The fraction of sp³-hybridized carbons (Fsp3) is 0.423. The van der Waals surface area contributed by atoms with Crippen LogP contribution in [0.1, 0.15) is 55.2 Å². The van der Waals surface area contributed by atoms with Gasteiger partial charge in [-0.05, 0) is 29.5 Å². The van der Waals surface area contributed by atoms with Crippen molar-refractivity contribution in [1.29, 1.82) is 0 Å². The molecule has 174 valence electrons. The van der Waals surface area contributed by atoms with Gasteiger partial charge in [0.15, 0.2) is 0 Å². The standard InChI is InChI=1S/C26H31N3O4/c30-23(13-16-29-24(31)26(28-25(29)32)14-5-2-6-15-26)27-17-20-9-11-22(12-10-20)19-33-18-21-7-3-1-4-8-21/h1,3-4,7-12H,2,5-6,13-19H2,(H,27,30)(H,28,32). The van der Waals surface area contributed by atoms with Crippen LogP contribution in [-0.2, 0) is 34.1 Å². The van der Waals surface area contributed by atoms with Crippen molar-refractivity contribution in [2.24, 2.45) is 0 Å². The van der Waals surface area contributed by atoms with Crippen LogP contribution in [0.5, 0.6) is 0 Å². The van der Waals surface area contributed by atoms with Crippen LogP contribution < -0.4 is 10.6 Å². The number of imide groups is 1. The van der Waals surface area contributed by atoms with Crippen molar-refractivity contribution in [1.82, 2.24) is 15.5 Å². The van der Waals surface area contributed by atoms with Crippen molar-refractivity contribution in [2.45, 2.75) is 63.8 Å². The van der Waals surface area contributed by atoms with Crippen molar-refractivity contribution >= 4 is 17.8 Å². The number of carbonyl (C=O) groups excluding carboxylic acids is 3. The van der Waals surface area contributed by atoms with Gasteiger partial charge in [0.2, 0.25) is 5.91 Å². The Kier molecular flexibility index (Phi) is 7.40. The SMILES string of the molecule is O=C(CCN1C(=O)NC2(CCCCC2)C1=O)NCc1ccc(COCc2ccccc2)cc1. The molecule has 33 heavy (non-hydrogen) atoms. The van der Waals surface area contributed by atoms with Crippen LogP contribution >= 0.6 is 0 Å². The minimum atomic E-state index is -0.738. The molecule has 0 atom stereocenters. The van der Waals surface area contributed by atoms with Gasteiger partial charge in [-0.25, -0.2) is 4.79 Å². The normalized spacial score (nSPS) is 17.3. The molecular weight excluding hydrogens is 418 g/mol. The van der Waals surface area contributed by atoms with Crippen molar-refractivity contribution in [2.75, 3.05) is 6.54 Å². The third kappa shape index (κ3) is 5.79. The van der Waals surface area contributed by atoms with Crippen LogP contribution in [-0.4, -0.2) is 34.8 Å². The summed E-state index contributed by atoms with van der Waals surface area (Å²) in [7, 11) is 0. The first-order chi connectivity index (χ1) is 16.1. The fourth-order valence-corrected chi connectivity index (χ4v) is 4.49. The number of ether oxygens (including phenoxy) is 1. The fourth-order valence-electron chi connectivity index (χ4n) is 4.49. The van der Waals surface area contributed by atoms with Crippen molar-refractivity contribution < 1.29 is 19.1 Å². The molecule has 4 rings (SSSR count). The Morgan fingerprint density at radius 1 is 0.909 bits per heavy atom. The molecule has 1 aliphatic heterocycles. The highest BCUT2D eigenvalue weighted by molar-refractivity contribution is 6.07. The molecule has 1 saturated heterocycles. The monoisotopic (exact) mass is 449 g/mol. The smallest absolute Gasteiger partial charge is 0.325 e. The van der Waals surface area contributed by atoms with Crippen LogP contribution in [0.15, 0.2) is 54.6 Å². The van der Waals surface area contributed by atoms with E-state index in [2.05, 4.69) is 10.6 Å². The summed E-state index contributed by atoms with van der Waals surface area (Å²) in [6, 6.07) is 17.6. The summed E-state index contributed by atoms with van der Waals surface area (Å²) in [5.41, 5.74) is 2.44. The molecule has 0 aromatic heterocycles. The number of benzene rings is 2. The van der Waals surface area contributed by atoms with Gasteiger partial charge >= 0.3 is 6.03 Å². The van der Waals surface area contributed by atoms with E-state index in [-0.39, 0.29) is 30.8 Å². The maximum atomic E-state index is 12.8. The quantitative estimate of drug-likeness (QED) is 0.572. The molecule has 1 saturated carbocycles. The van der Waals surface area contributed by atoms with E-state index in [1.807, 2.05) is 54.6 Å². The molecule has 1 aliphatic carbocycles. The van der Waals surface area contributed by atoms with Gasteiger partial charge in [0, 0.05) is 19.5 Å². The molecule has 0 radical (unpaired) electrons. The van der Waals surface area contributed by atoms with Crippen molar-refractivity contribution in [3.05, 3.63) is 71.3 Å². The number of hydrogen-bond acceptors (Lipinski definition) is 4. The maximum absolute atomic E-state index is 12.8. The van der Waals surface area contributed by atoms with Gasteiger partial charge in [0.25, 0.3) is 5.91 Å². The largest absolute Gasteiger partial charge is 0.372 e. The van der Waals surface area contributed by atoms with Gasteiger partial charge in [0.05, 0.1) is 13.2 Å². The lowest BCUT2D eigenvalue weighted by molar-refractivity contribution is -0.132. The molecule has 2 N–H and O–H groups in total. The van der Waals surface area contributed by atoms with Crippen LogP contribution in [0.4, 0.5) is 4.79 Å². The lowest BCUT2D eigenvalue weighted by Crippen LogP contribution is -2.48. The molecule has 1 heterocycles. The minimum Gasteiger partial charge on any atom is -0.372 e. The van der Waals surface area contributed by atoms with Crippen molar-refractivity contribution in [3.8, 4) is 0 Å². The lowest BCUT2D eigenvalue weighted by atomic mass is 9.82. The molecule has 2 aliphatic rings. The highest BCUT2D eigenvalue weighted by Gasteiger charge is 2.50. The van der Waals surface area contributed by atoms with E-state index in [4.69, 9.17) is 4.74 Å². The number of nitrogens with zero attached hydrogens (tertiary/aromatic N) is 1. The van der Waals surface area contributed by atoms with Gasteiger partial charge in [0.1, 0.15) is 5.54 Å². The van der Waals surface area contributed by atoms with Gasteiger partial charge in [-0.2, -0.15) is 0 Å². The molecule has 2 fully saturated rings. The Hall–Kier alpha value is -3.19. The number of urea groups is 1. The second kappa shape index (κ2) is 10.6. The predicted octanol–water partition coefficient (Wildman–Crippen LogP) is 3.66. The Balaban J connectivity index is 1.17. The Labute approximate surface area is 194 Å². The minimum absolute atomic E-state index is 0.0979. The summed E-state index contributed by atoms with van der Waals surface area (Å²) in [6.45, 7) is 1.59. The Morgan fingerprint density at radius 2 is 1.55 bits per heavy atom. The van der Waals surface area contributed by atoms with Crippen LogP contribution in [0.25, 0.3) is 0 Å². The second-order valence-electron chi connectivity index (χ2n) is 8.85. The molecule has 7 heteroatoms. The number of amides is 4. The third-order valence-electron chi connectivity index (χ3n) is 6.41. The average Bonchev–Trinajstić information content (AvgIpc) is 3.06. The van der Waals surface area contributed by atoms with Crippen LogP contribution in [0.2, 0.25) is 0 Å². The van der Waals surface area contributed by atoms with E-state index in [0.717, 1.165) is 36.0 Å². The first-order valence-corrected chi connectivity index (χ1v) is 11.7. The molecular formula is C26H31N3O4. The van der Waals surface area contributed by atoms with Gasteiger partial charge in [-0.15, -0.1) is 0 Å². The number of nitrogens with one attached hydrogen (secondary N) is 2. The topological polar surface area (TPSA) is 87.7 Å². The van der Waals surface area contributed by atoms with E-state index in [1.54, 1.807) is 0 Å². The van der Waals surface area contributed by atoms with E-state index >= 15 is 0 Å². The van der Waals surface area contributed by atoms with Crippen LogP contribution in [0.3, 0.4) is 0 Å². The molecule has 7 nitrogen and oxygen atoms in total. The first kappa shape index (κ1) is 23.0. The second-order valence-corrected chi connectivity index (χ2v) is 8.85. The average molecular weight is 450 g/mol. The summed E-state index contributed by atoms with van der Waals surface area (Å²) < 4.78 is 5.75. The van der Waals surface area contributed by atoms with E-state index < -0.39 is 5.54 Å². The molecule has 0 unspecified atom stereocenters. The summed E-state index contributed by atoms with van der Waals surface area (Å²) >= 11 is 0. The first-order valence-electron chi connectivity index (χ1n) is 11.7. The third-order valence-corrected chi connectivity index (χ3v) is 6.41. The Morgan fingerprint density at radius 3 is 2.24 bits per heavy atom. The molecule has 2 aromatic carbocycles. The lowest BCUT2D eigenvalue weighted by Gasteiger charge is -2.30. The van der Waals surface area contributed by atoms with E-state index in [0.29, 0.717) is 32.6 Å². The molecule has 1 spiro atoms. The highest BCUT2D eigenvalue weighted by Crippen LogP contribution is 2.33. The molecule has 4 amide bonds. The Bertz CT molecular complexity index is 969. The van der Waals surface area contributed by atoms with E-state index in [9.17, 15) is 14.4 Å². The van der Waals surface area contributed by atoms with E-state index in [1.165, 1.54) is 4.90 Å². The number of carbonyl (C=O) groups is 3. The van der Waals surface area contributed by atoms with Gasteiger partial charge in [-0.1, -0.05) is 73.9 Å². The van der Waals surface area contributed by atoms with Crippen molar-refractivity contribution in [3.63, 3.8) is 0 Å². The van der Waals surface area contributed by atoms with Crippen LogP contribution in [0, 0.1) is 0 Å². The zero-order valence-electron chi connectivity index (χ0n) is 18.8. The predicted molar refractivity (Wildman–Crippen MR) is 124 cm³/mol. The summed E-state index contributed by atoms with van der Waals surface area (Å²) in [5, 5.41) is 5.74. The zero-order chi connectivity index (χ0) is 23.1. The summed E-state index contributed by atoms with van der Waals surface area (Å²) in [4.78, 5) is 38.6. The molecule has 2 aromatic rings. The number of hydrogen-bond donors (Lipinski definition) is 2. The summed E-state index contributed by atoms with van der Waals surface area (Å²) in [5.74, 6) is -0.361. The number of rotatable bonds is 9. The molecule has 0 bridgehead atoms. The highest BCUT2D eigenvalue weighted by atomic mass is 16.5. The van der Waals surface area contributed by atoms with Gasteiger partial charge < -0.3 is 15.4 Å². The zero-order valence-corrected chi connectivity index (χ0v) is 18.8. The maximum Gasteiger partial charge on any atom is 0.325 e.